The van der Waals surface area contributed by atoms with Crippen LogP contribution in [0.1, 0.15) is 41.3 Å². The van der Waals surface area contributed by atoms with Crippen LogP contribution in [0, 0.1) is 0 Å². The zero-order valence-electron chi connectivity index (χ0n) is 11.3. The Morgan fingerprint density at radius 1 is 1.35 bits per heavy atom. The van der Waals surface area contributed by atoms with E-state index in [0.29, 0.717) is 15.8 Å². The van der Waals surface area contributed by atoms with Gasteiger partial charge in [-0.25, -0.2) is 4.98 Å². The first-order valence-electron chi connectivity index (χ1n) is 6.42. The average Bonchev–Trinajstić information content (AvgIpc) is 2.86. The highest BCUT2D eigenvalue weighted by Gasteiger charge is 2.12. The van der Waals surface area contributed by atoms with Crippen molar-refractivity contribution in [3.63, 3.8) is 0 Å². The van der Waals surface area contributed by atoms with Crippen molar-refractivity contribution < 1.29 is 4.79 Å². The summed E-state index contributed by atoms with van der Waals surface area (Å²) < 4.78 is 0. The van der Waals surface area contributed by atoms with Gasteiger partial charge in [0.2, 0.25) is 5.13 Å². The summed E-state index contributed by atoms with van der Waals surface area (Å²) in [7, 11) is 0. The highest BCUT2D eigenvalue weighted by Crippen LogP contribution is 2.18. The second-order valence-electron chi connectivity index (χ2n) is 4.23. The molecule has 106 valence electrons. The third-order valence-corrected chi connectivity index (χ3v) is 3.78. The van der Waals surface area contributed by atoms with Crippen molar-refractivity contribution in [1.29, 1.82) is 0 Å². The molecule has 0 fully saturated rings. The first kappa shape index (κ1) is 14.9. The van der Waals surface area contributed by atoms with Crippen LogP contribution in [-0.4, -0.2) is 21.1 Å². The van der Waals surface area contributed by atoms with Gasteiger partial charge in [-0.3, -0.25) is 10.1 Å². The summed E-state index contributed by atoms with van der Waals surface area (Å²) in [6.45, 7) is 4.04. The van der Waals surface area contributed by atoms with Crippen molar-refractivity contribution in [2.75, 3.05) is 5.32 Å². The Balaban J connectivity index is 2.15. The fourth-order valence-corrected chi connectivity index (χ4v) is 2.58. The van der Waals surface area contributed by atoms with Gasteiger partial charge < -0.3 is 0 Å². The molecule has 0 aliphatic carbocycles. The van der Waals surface area contributed by atoms with Crippen LogP contribution in [0.2, 0.25) is 5.15 Å². The summed E-state index contributed by atoms with van der Waals surface area (Å²) in [5.74, 6) is -0.245. The molecule has 0 bridgehead atoms. The van der Waals surface area contributed by atoms with E-state index in [1.165, 1.54) is 11.3 Å². The van der Waals surface area contributed by atoms with Crippen LogP contribution in [-0.2, 0) is 12.8 Å². The normalized spacial score (nSPS) is 10.6. The number of nitrogens with one attached hydrogen (secondary N) is 1. The zero-order chi connectivity index (χ0) is 14.5. The van der Waals surface area contributed by atoms with Crippen LogP contribution < -0.4 is 5.32 Å². The van der Waals surface area contributed by atoms with Gasteiger partial charge in [0.25, 0.3) is 5.91 Å². The maximum Gasteiger partial charge on any atom is 0.257 e. The molecule has 2 rings (SSSR count). The third-order valence-electron chi connectivity index (χ3n) is 2.61. The van der Waals surface area contributed by atoms with Gasteiger partial charge in [0.05, 0.1) is 0 Å². The quantitative estimate of drug-likeness (QED) is 0.860. The van der Waals surface area contributed by atoms with E-state index in [4.69, 9.17) is 11.6 Å². The Labute approximate surface area is 126 Å². The van der Waals surface area contributed by atoms with Crippen molar-refractivity contribution in [3.05, 3.63) is 33.6 Å². The molecule has 2 aromatic rings. The molecule has 0 spiro atoms. The topological polar surface area (TPSA) is 67.8 Å². The molecule has 2 heterocycles. The molecule has 0 aliphatic rings. The Bertz CT molecular complexity index is 614. The summed E-state index contributed by atoms with van der Waals surface area (Å²) in [6.07, 6.45) is 2.54. The number of anilines is 1. The number of rotatable bonds is 5. The number of halogens is 1. The summed E-state index contributed by atoms with van der Waals surface area (Å²) >= 11 is 7.31. The minimum absolute atomic E-state index is 0.245. The lowest BCUT2D eigenvalue weighted by molar-refractivity contribution is 0.102. The Morgan fingerprint density at radius 2 is 2.15 bits per heavy atom. The first-order valence-corrected chi connectivity index (χ1v) is 7.62. The Kier molecular flexibility index (Phi) is 5.03. The van der Waals surface area contributed by atoms with Gasteiger partial charge in [-0.05, 0) is 25.0 Å². The van der Waals surface area contributed by atoms with Crippen molar-refractivity contribution in [2.24, 2.45) is 0 Å². The highest BCUT2D eigenvalue weighted by molar-refractivity contribution is 7.15. The number of nitrogens with zero attached hydrogens (tertiary/aromatic N) is 3. The van der Waals surface area contributed by atoms with Gasteiger partial charge in [0.15, 0.2) is 0 Å². The summed E-state index contributed by atoms with van der Waals surface area (Å²) in [4.78, 5) is 16.4. The summed E-state index contributed by atoms with van der Waals surface area (Å²) in [5.41, 5.74) is 1.30. The lowest BCUT2D eigenvalue weighted by atomic mass is 10.1. The second-order valence-corrected chi connectivity index (χ2v) is 5.68. The van der Waals surface area contributed by atoms with Crippen molar-refractivity contribution in [3.8, 4) is 0 Å². The molecule has 5 nitrogen and oxygen atoms in total. The van der Waals surface area contributed by atoms with Gasteiger partial charge in [-0.2, -0.15) is 0 Å². The molecule has 0 aliphatic heterocycles. The molecule has 0 unspecified atom stereocenters. The number of hydrogen-bond donors (Lipinski definition) is 1. The number of pyridine rings is 1. The van der Waals surface area contributed by atoms with Crippen molar-refractivity contribution in [1.82, 2.24) is 15.2 Å². The Morgan fingerprint density at radius 3 is 2.80 bits per heavy atom. The predicted molar refractivity (Wildman–Crippen MR) is 80.5 cm³/mol. The van der Waals surface area contributed by atoms with E-state index >= 15 is 0 Å². The van der Waals surface area contributed by atoms with E-state index in [-0.39, 0.29) is 5.91 Å². The third kappa shape index (κ3) is 3.74. The summed E-state index contributed by atoms with van der Waals surface area (Å²) in [5, 5.41) is 12.3. The van der Waals surface area contributed by atoms with Gasteiger partial charge in [0.1, 0.15) is 10.2 Å². The maximum absolute atomic E-state index is 12.2. The molecule has 0 aromatic carbocycles. The average molecular weight is 311 g/mol. The second kappa shape index (κ2) is 6.76. The van der Waals surface area contributed by atoms with Crippen LogP contribution in [0.15, 0.2) is 12.1 Å². The van der Waals surface area contributed by atoms with E-state index in [1.54, 1.807) is 12.1 Å². The van der Waals surface area contributed by atoms with Gasteiger partial charge in [0, 0.05) is 11.3 Å². The van der Waals surface area contributed by atoms with Crippen LogP contribution in [0.4, 0.5) is 5.13 Å². The fourth-order valence-electron chi connectivity index (χ4n) is 1.68. The summed E-state index contributed by atoms with van der Waals surface area (Å²) in [6, 6.07) is 3.31. The van der Waals surface area contributed by atoms with Crippen LogP contribution in [0.5, 0.6) is 0 Å². The monoisotopic (exact) mass is 310 g/mol. The molecule has 1 amide bonds. The van der Waals surface area contributed by atoms with Gasteiger partial charge in [-0.15, -0.1) is 10.2 Å². The molecule has 2 aromatic heterocycles. The number of carbonyl (C=O) groups excluding carboxylic acids is 1. The lowest BCUT2D eigenvalue weighted by Crippen LogP contribution is -2.12. The number of hydrogen-bond acceptors (Lipinski definition) is 5. The van der Waals surface area contributed by atoms with Crippen molar-refractivity contribution >= 4 is 34.0 Å². The van der Waals surface area contributed by atoms with E-state index in [2.05, 4.69) is 27.4 Å². The van der Waals surface area contributed by atoms with E-state index in [0.717, 1.165) is 30.0 Å². The molecule has 7 heteroatoms. The number of carbonyl (C=O) groups is 1. The lowest BCUT2D eigenvalue weighted by Gasteiger charge is -2.04. The van der Waals surface area contributed by atoms with Gasteiger partial charge in [-0.1, -0.05) is 43.2 Å². The van der Waals surface area contributed by atoms with Gasteiger partial charge >= 0.3 is 0 Å². The molecule has 0 atom stereocenters. The molecule has 1 N–H and O–H groups in total. The van der Waals surface area contributed by atoms with Crippen molar-refractivity contribution in [2.45, 2.75) is 33.1 Å². The number of aromatic nitrogens is 3. The largest absolute Gasteiger partial charge is 0.296 e. The predicted octanol–water partition coefficient (Wildman–Crippen LogP) is 3.35. The molecule has 0 radical (unpaired) electrons. The van der Waals surface area contributed by atoms with E-state index in [1.807, 2.05) is 6.92 Å². The zero-order valence-corrected chi connectivity index (χ0v) is 12.9. The van der Waals surface area contributed by atoms with Crippen LogP contribution >= 0.6 is 22.9 Å². The minimum Gasteiger partial charge on any atom is -0.296 e. The maximum atomic E-state index is 12.2. The minimum atomic E-state index is -0.245. The smallest absolute Gasteiger partial charge is 0.257 e. The molecule has 0 saturated heterocycles. The SMILES string of the molecule is CCCc1cc(C(=O)Nc2nnc(CC)s2)cc(Cl)n1. The molecular weight excluding hydrogens is 296 g/mol. The standard InChI is InChI=1S/C13H15ClN4OS/c1-3-5-9-6-8(7-10(14)15-9)12(19)16-13-18-17-11(4-2)20-13/h6-7H,3-5H2,1-2H3,(H,16,18,19). The highest BCUT2D eigenvalue weighted by atomic mass is 35.5. The fraction of sp³-hybridized carbons (Fsp3) is 0.385. The number of amides is 1. The Hall–Kier alpha value is -1.53. The van der Waals surface area contributed by atoms with Crippen LogP contribution in [0.3, 0.4) is 0 Å². The first-order chi connectivity index (χ1) is 9.62. The number of aryl methyl sites for hydroxylation is 2. The van der Waals surface area contributed by atoms with Crippen LogP contribution in [0.25, 0.3) is 0 Å². The van der Waals surface area contributed by atoms with E-state index < -0.39 is 0 Å². The molecular formula is C13H15ClN4OS. The molecule has 0 saturated carbocycles. The van der Waals surface area contributed by atoms with E-state index in [9.17, 15) is 4.79 Å². The molecule has 20 heavy (non-hydrogen) atoms.